The molecule has 4 aromatic rings. The fourth-order valence-electron chi connectivity index (χ4n) is 4.70. The highest BCUT2D eigenvalue weighted by atomic mass is 35.5. The monoisotopic (exact) mass is 493 g/mol. The van der Waals surface area contributed by atoms with Crippen LogP contribution in [0.5, 0.6) is 0 Å². The minimum Gasteiger partial charge on any atom is -0.279 e. The maximum Gasteiger partial charge on any atom is 0.271 e. The number of nitrogens with one attached hydrogen (secondary N) is 1. The molecule has 1 heterocycles. The second kappa shape index (κ2) is 9.34. The smallest absolute Gasteiger partial charge is 0.271 e. The Morgan fingerprint density at radius 2 is 1.70 bits per heavy atom. The molecule has 1 N–H and O–H groups in total. The van der Waals surface area contributed by atoms with Crippen LogP contribution in [-0.2, 0) is 29.3 Å². The number of fused-ring (bicyclic) bond motifs is 2. The summed E-state index contributed by atoms with van der Waals surface area (Å²) in [6.07, 6.45) is 3.78. The van der Waals surface area contributed by atoms with E-state index in [1.54, 1.807) is 23.6 Å². The van der Waals surface area contributed by atoms with Crippen LogP contribution in [0.3, 0.4) is 0 Å². The van der Waals surface area contributed by atoms with E-state index in [-0.39, 0.29) is 5.92 Å². The fourth-order valence-corrected chi connectivity index (χ4v) is 6.94. The SMILES string of the molecule is O=S(=O)(Nc1cccc(CCC2c3ccccc3CCc3cc(Cl)ccc32)c1)c1cccs1. The van der Waals surface area contributed by atoms with Crippen LogP contribution in [0.15, 0.2) is 88.5 Å². The van der Waals surface area contributed by atoms with E-state index in [1.807, 2.05) is 18.2 Å². The van der Waals surface area contributed by atoms with Gasteiger partial charge >= 0.3 is 0 Å². The normalized spacial score (nSPS) is 15.4. The van der Waals surface area contributed by atoms with Crippen LogP contribution < -0.4 is 4.72 Å². The molecule has 1 aliphatic carbocycles. The van der Waals surface area contributed by atoms with Crippen molar-refractivity contribution in [3.8, 4) is 0 Å². The van der Waals surface area contributed by atoms with Gasteiger partial charge in [-0.3, -0.25) is 4.72 Å². The molecule has 0 amide bonds. The van der Waals surface area contributed by atoms with Gasteiger partial charge in [-0.05, 0) is 89.2 Å². The third-order valence-corrected chi connectivity index (χ3v) is 9.25. The van der Waals surface area contributed by atoms with Crippen molar-refractivity contribution >= 4 is 38.6 Å². The molecule has 0 radical (unpaired) electrons. The number of hydrogen-bond acceptors (Lipinski definition) is 3. The lowest BCUT2D eigenvalue weighted by molar-refractivity contribution is 0.603. The summed E-state index contributed by atoms with van der Waals surface area (Å²) >= 11 is 7.53. The second-order valence-corrected chi connectivity index (χ2v) is 11.7. The van der Waals surface area contributed by atoms with Crippen molar-refractivity contribution in [3.63, 3.8) is 0 Å². The molecule has 0 spiro atoms. The molecule has 168 valence electrons. The Kier molecular flexibility index (Phi) is 6.28. The lowest BCUT2D eigenvalue weighted by atomic mass is 9.84. The lowest BCUT2D eigenvalue weighted by Crippen LogP contribution is -2.11. The molecule has 1 atom stereocenters. The molecule has 0 saturated heterocycles. The molecular weight excluding hydrogens is 470 g/mol. The second-order valence-electron chi connectivity index (χ2n) is 8.37. The number of rotatable bonds is 6. The summed E-state index contributed by atoms with van der Waals surface area (Å²) in [6.45, 7) is 0. The first-order valence-corrected chi connectivity index (χ1v) is 13.7. The molecule has 0 aliphatic heterocycles. The summed E-state index contributed by atoms with van der Waals surface area (Å²) in [4.78, 5) is 0. The van der Waals surface area contributed by atoms with Gasteiger partial charge in [0.2, 0.25) is 0 Å². The van der Waals surface area contributed by atoms with Crippen LogP contribution in [0.4, 0.5) is 5.69 Å². The molecule has 1 aromatic heterocycles. The Morgan fingerprint density at radius 3 is 2.55 bits per heavy atom. The van der Waals surface area contributed by atoms with E-state index in [1.165, 1.54) is 33.6 Å². The molecule has 0 bridgehead atoms. The first-order chi connectivity index (χ1) is 16.0. The highest BCUT2D eigenvalue weighted by Gasteiger charge is 2.23. The molecular formula is C27H24ClNO2S2. The zero-order valence-corrected chi connectivity index (χ0v) is 20.4. The average Bonchev–Trinajstić information content (AvgIpc) is 3.31. The molecule has 6 heteroatoms. The molecule has 0 fully saturated rings. The van der Waals surface area contributed by atoms with Gasteiger partial charge in [-0.25, -0.2) is 8.42 Å². The van der Waals surface area contributed by atoms with Crippen LogP contribution in [0.2, 0.25) is 5.02 Å². The van der Waals surface area contributed by atoms with Crippen molar-refractivity contribution in [3.05, 3.63) is 117 Å². The summed E-state index contributed by atoms with van der Waals surface area (Å²) < 4.78 is 28.2. The van der Waals surface area contributed by atoms with E-state index in [0.717, 1.165) is 36.3 Å². The lowest BCUT2D eigenvalue weighted by Gasteiger charge is -2.21. The van der Waals surface area contributed by atoms with Crippen molar-refractivity contribution < 1.29 is 8.42 Å². The molecule has 0 saturated carbocycles. The van der Waals surface area contributed by atoms with Crippen molar-refractivity contribution in [1.29, 1.82) is 0 Å². The summed E-state index contributed by atoms with van der Waals surface area (Å²) in [6, 6.07) is 26.1. The van der Waals surface area contributed by atoms with Crippen LogP contribution in [0, 0.1) is 0 Å². The van der Waals surface area contributed by atoms with Gasteiger partial charge in [-0.2, -0.15) is 0 Å². The molecule has 1 aliphatic rings. The van der Waals surface area contributed by atoms with Crippen LogP contribution in [0.25, 0.3) is 0 Å². The van der Waals surface area contributed by atoms with Gasteiger partial charge in [0.05, 0.1) is 0 Å². The largest absolute Gasteiger partial charge is 0.279 e. The highest BCUT2D eigenvalue weighted by molar-refractivity contribution is 7.94. The minimum atomic E-state index is -3.56. The fraction of sp³-hybridized carbons (Fsp3) is 0.185. The average molecular weight is 494 g/mol. The first-order valence-electron chi connectivity index (χ1n) is 11.0. The zero-order chi connectivity index (χ0) is 22.8. The quantitative estimate of drug-likeness (QED) is 0.312. The molecule has 33 heavy (non-hydrogen) atoms. The van der Waals surface area contributed by atoms with Crippen LogP contribution >= 0.6 is 22.9 Å². The van der Waals surface area contributed by atoms with E-state index < -0.39 is 10.0 Å². The number of aryl methyl sites for hydroxylation is 3. The van der Waals surface area contributed by atoms with Gasteiger partial charge in [-0.1, -0.05) is 60.1 Å². The topological polar surface area (TPSA) is 46.2 Å². The van der Waals surface area contributed by atoms with Crippen LogP contribution in [-0.4, -0.2) is 8.42 Å². The number of anilines is 1. The van der Waals surface area contributed by atoms with E-state index in [0.29, 0.717) is 9.90 Å². The summed E-state index contributed by atoms with van der Waals surface area (Å²) in [5.41, 5.74) is 7.15. The number of hydrogen-bond donors (Lipinski definition) is 1. The van der Waals surface area contributed by atoms with Gasteiger partial charge in [0, 0.05) is 16.6 Å². The Hall–Kier alpha value is -2.60. The number of halogens is 1. The predicted octanol–water partition coefficient (Wildman–Crippen LogP) is 7.07. The van der Waals surface area contributed by atoms with Gasteiger partial charge in [0.15, 0.2) is 0 Å². The molecule has 1 unspecified atom stereocenters. The number of sulfonamides is 1. The van der Waals surface area contributed by atoms with E-state index in [2.05, 4.69) is 47.2 Å². The van der Waals surface area contributed by atoms with E-state index >= 15 is 0 Å². The predicted molar refractivity (Wildman–Crippen MR) is 137 cm³/mol. The van der Waals surface area contributed by atoms with Crippen molar-refractivity contribution in [2.24, 2.45) is 0 Å². The third kappa shape index (κ3) is 4.86. The van der Waals surface area contributed by atoms with Crippen LogP contribution in [0.1, 0.15) is 40.2 Å². The maximum absolute atomic E-state index is 12.6. The Labute approximate surface area is 204 Å². The first kappa shape index (κ1) is 22.2. The van der Waals surface area contributed by atoms with Crippen molar-refractivity contribution in [2.45, 2.75) is 35.8 Å². The minimum absolute atomic E-state index is 0.280. The van der Waals surface area contributed by atoms with Gasteiger partial charge < -0.3 is 0 Å². The standard InChI is InChI=1S/C27H24ClNO2S2/c28-22-13-15-25-21(18-22)12-11-20-6-1-2-8-24(20)26(25)14-10-19-5-3-7-23(17-19)29-33(30,31)27-9-4-16-32-27/h1-9,13,15-18,26,29H,10-12,14H2. The Balaban J connectivity index is 1.40. The molecule has 5 rings (SSSR count). The van der Waals surface area contributed by atoms with Crippen molar-refractivity contribution in [1.82, 2.24) is 0 Å². The Morgan fingerprint density at radius 1 is 0.879 bits per heavy atom. The zero-order valence-electron chi connectivity index (χ0n) is 18.0. The third-order valence-electron chi connectivity index (χ3n) is 6.24. The number of benzene rings is 3. The molecule has 3 aromatic carbocycles. The molecule has 3 nitrogen and oxygen atoms in total. The van der Waals surface area contributed by atoms with Gasteiger partial charge in [-0.15, -0.1) is 11.3 Å². The van der Waals surface area contributed by atoms with E-state index in [9.17, 15) is 8.42 Å². The summed E-state index contributed by atoms with van der Waals surface area (Å²) in [5, 5.41) is 2.55. The highest BCUT2D eigenvalue weighted by Crippen LogP contribution is 2.38. The van der Waals surface area contributed by atoms with Crippen molar-refractivity contribution in [2.75, 3.05) is 4.72 Å². The number of thiophene rings is 1. The van der Waals surface area contributed by atoms with Gasteiger partial charge in [0.25, 0.3) is 10.0 Å². The maximum atomic E-state index is 12.6. The van der Waals surface area contributed by atoms with E-state index in [4.69, 9.17) is 11.6 Å². The summed E-state index contributed by atoms with van der Waals surface area (Å²) in [5.74, 6) is 0.280. The Bertz CT molecular complexity index is 1380. The summed E-state index contributed by atoms with van der Waals surface area (Å²) in [7, 11) is -3.56. The van der Waals surface area contributed by atoms with Gasteiger partial charge in [0.1, 0.15) is 4.21 Å².